The van der Waals surface area contributed by atoms with Gasteiger partial charge in [0.15, 0.2) is 5.11 Å². The van der Waals surface area contributed by atoms with Gasteiger partial charge in [-0.2, -0.15) is 0 Å². The van der Waals surface area contributed by atoms with Crippen LogP contribution in [0.3, 0.4) is 0 Å². The van der Waals surface area contributed by atoms with E-state index in [0.29, 0.717) is 21.7 Å². The van der Waals surface area contributed by atoms with Crippen LogP contribution in [0, 0.1) is 0 Å². The van der Waals surface area contributed by atoms with Crippen LogP contribution < -0.4 is 16.2 Å². The third kappa shape index (κ3) is 6.74. The number of benzene rings is 2. The van der Waals surface area contributed by atoms with E-state index in [1.165, 1.54) is 0 Å². The second-order valence-electron chi connectivity index (χ2n) is 5.11. The minimum Gasteiger partial charge on any atom is -0.361 e. The molecule has 0 fully saturated rings. The zero-order valence-electron chi connectivity index (χ0n) is 12.8. The van der Waals surface area contributed by atoms with E-state index >= 15 is 0 Å². The van der Waals surface area contributed by atoms with E-state index < -0.39 is 0 Å². The van der Waals surface area contributed by atoms with Gasteiger partial charge in [-0.1, -0.05) is 47.5 Å². The fourth-order valence-electron chi connectivity index (χ4n) is 1.97. The van der Waals surface area contributed by atoms with Crippen molar-refractivity contribution in [1.82, 2.24) is 16.2 Å². The van der Waals surface area contributed by atoms with Crippen LogP contribution in [0.15, 0.2) is 48.5 Å². The van der Waals surface area contributed by atoms with Crippen molar-refractivity contribution in [1.29, 1.82) is 0 Å². The van der Waals surface area contributed by atoms with Gasteiger partial charge in [0.2, 0.25) is 5.91 Å². The van der Waals surface area contributed by atoms with Crippen LogP contribution in [0.5, 0.6) is 0 Å². The molecule has 0 heterocycles. The van der Waals surface area contributed by atoms with E-state index in [-0.39, 0.29) is 12.3 Å². The van der Waals surface area contributed by atoms with Crippen LogP contribution in [-0.2, 0) is 17.6 Å². The minimum absolute atomic E-state index is 0.181. The molecule has 0 atom stereocenters. The molecule has 0 aliphatic heterocycles. The number of hydrogen-bond donors (Lipinski definition) is 3. The molecule has 0 spiro atoms. The smallest absolute Gasteiger partial charge is 0.242 e. The molecule has 0 saturated heterocycles. The van der Waals surface area contributed by atoms with Crippen molar-refractivity contribution in [3.05, 3.63) is 69.7 Å². The first-order valence-corrected chi connectivity index (χ1v) is 8.51. The zero-order chi connectivity index (χ0) is 17.4. The van der Waals surface area contributed by atoms with Gasteiger partial charge in [-0.15, -0.1) is 0 Å². The normalized spacial score (nSPS) is 10.1. The summed E-state index contributed by atoms with van der Waals surface area (Å²) in [7, 11) is 0. The van der Waals surface area contributed by atoms with Crippen molar-refractivity contribution in [2.75, 3.05) is 6.54 Å². The van der Waals surface area contributed by atoms with E-state index in [9.17, 15) is 4.79 Å². The van der Waals surface area contributed by atoms with Crippen LogP contribution in [0.1, 0.15) is 11.1 Å². The van der Waals surface area contributed by atoms with E-state index in [4.69, 9.17) is 35.4 Å². The summed E-state index contributed by atoms with van der Waals surface area (Å²) in [5.74, 6) is -0.181. The summed E-state index contributed by atoms with van der Waals surface area (Å²) in [6.07, 6.45) is 1.05. The molecule has 0 saturated carbocycles. The number of amides is 1. The first-order chi connectivity index (χ1) is 11.5. The number of carbonyl (C=O) groups excluding carboxylic acids is 1. The third-order valence-corrected chi connectivity index (χ3v) is 3.96. The summed E-state index contributed by atoms with van der Waals surface area (Å²) < 4.78 is 0. The minimum atomic E-state index is -0.181. The second kappa shape index (κ2) is 9.47. The molecule has 0 aromatic heterocycles. The first-order valence-electron chi connectivity index (χ1n) is 7.34. The summed E-state index contributed by atoms with van der Waals surface area (Å²) in [6, 6.07) is 14.8. The number of thiocarbonyl (C=S) groups is 1. The van der Waals surface area contributed by atoms with Crippen molar-refractivity contribution in [3.8, 4) is 0 Å². The lowest BCUT2D eigenvalue weighted by molar-refractivity contribution is -0.121. The molecule has 2 rings (SSSR count). The van der Waals surface area contributed by atoms with Crippen molar-refractivity contribution in [3.63, 3.8) is 0 Å². The molecule has 4 nitrogen and oxygen atoms in total. The standard InChI is InChI=1S/C17H17Cl2N3OS/c18-14-5-1-12(2-6-14)9-10-20-17(24)22-21-16(23)11-13-3-7-15(19)8-4-13/h1-8H,9-11H2,(H,21,23)(H2,20,22,24). The Morgan fingerprint density at radius 2 is 1.42 bits per heavy atom. The fraction of sp³-hybridized carbons (Fsp3) is 0.176. The fourth-order valence-corrected chi connectivity index (χ4v) is 2.38. The monoisotopic (exact) mass is 381 g/mol. The predicted molar refractivity (Wildman–Crippen MR) is 102 cm³/mol. The van der Waals surface area contributed by atoms with E-state index in [2.05, 4.69) is 16.2 Å². The van der Waals surface area contributed by atoms with E-state index in [1.54, 1.807) is 12.1 Å². The highest BCUT2D eigenvalue weighted by Gasteiger charge is 2.04. The van der Waals surface area contributed by atoms with Gasteiger partial charge in [-0.25, -0.2) is 0 Å². The molecule has 1 amide bonds. The predicted octanol–water partition coefficient (Wildman–Crippen LogP) is 3.27. The number of hydrazine groups is 1. The van der Waals surface area contributed by atoms with Gasteiger partial charge >= 0.3 is 0 Å². The van der Waals surface area contributed by atoms with Crippen molar-refractivity contribution < 1.29 is 4.79 Å². The molecule has 126 valence electrons. The quantitative estimate of drug-likeness (QED) is 0.549. The van der Waals surface area contributed by atoms with Crippen LogP contribution in [0.25, 0.3) is 0 Å². The molecule has 0 unspecified atom stereocenters. The highest BCUT2D eigenvalue weighted by atomic mass is 35.5. The summed E-state index contributed by atoms with van der Waals surface area (Å²) in [5.41, 5.74) is 7.27. The Hall–Kier alpha value is -1.82. The highest BCUT2D eigenvalue weighted by Crippen LogP contribution is 2.10. The number of hydrogen-bond acceptors (Lipinski definition) is 2. The summed E-state index contributed by atoms with van der Waals surface area (Å²) in [4.78, 5) is 11.8. The number of nitrogens with one attached hydrogen (secondary N) is 3. The van der Waals surface area contributed by atoms with Gasteiger partial charge in [0.25, 0.3) is 0 Å². The molecule has 2 aromatic rings. The Bertz CT molecular complexity index is 690. The van der Waals surface area contributed by atoms with E-state index in [1.807, 2.05) is 36.4 Å². The number of carbonyl (C=O) groups is 1. The van der Waals surface area contributed by atoms with Crippen LogP contribution in [0.4, 0.5) is 0 Å². The second-order valence-corrected chi connectivity index (χ2v) is 6.39. The molecule has 2 aromatic carbocycles. The molecule has 0 aliphatic rings. The molecule has 0 bridgehead atoms. The maximum absolute atomic E-state index is 11.8. The number of rotatable bonds is 5. The van der Waals surface area contributed by atoms with Gasteiger partial charge in [0.1, 0.15) is 0 Å². The molecule has 7 heteroatoms. The Balaban J connectivity index is 1.64. The lowest BCUT2D eigenvalue weighted by Crippen LogP contribution is -2.47. The van der Waals surface area contributed by atoms with Gasteiger partial charge in [0.05, 0.1) is 6.42 Å². The maximum Gasteiger partial charge on any atom is 0.242 e. The van der Waals surface area contributed by atoms with Gasteiger partial charge in [-0.05, 0) is 54.0 Å². The number of halogens is 2. The van der Waals surface area contributed by atoms with Crippen LogP contribution in [-0.4, -0.2) is 17.6 Å². The van der Waals surface area contributed by atoms with Gasteiger partial charge in [-0.3, -0.25) is 15.6 Å². The van der Waals surface area contributed by atoms with Gasteiger partial charge < -0.3 is 5.32 Å². The van der Waals surface area contributed by atoms with Crippen LogP contribution >= 0.6 is 35.4 Å². The molecule has 0 aliphatic carbocycles. The summed E-state index contributed by atoms with van der Waals surface area (Å²) >= 11 is 16.8. The topological polar surface area (TPSA) is 53.2 Å². The zero-order valence-corrected chi connectivity index (χ0v) is 15.1. The first kappa shape index (κ1) is 18.5. The van der Waals surface area contributed by atoms with E-state index in [0.717, 1.165) is 17.5 Å². The average molecular weight is 382 g/mol. The Labute approximate surface area is 156 Å². The summed E-state index contributed by atoms with van der Waals surface area (Å²) in [6.45, 7) is 0.653. The Morgan fingerprint density at radius 3 is 2.00 bits per heavy atom. The largest absolute Gasteiger partial charge is 0.361 e. The Morgan fingerprint density at radius 1 is 0.875 bits per heavy atom. The molecule has 3 N–H and O–H groups in total. The van der Waals surface area contributed by atoms with Crippen molar-refractivity contribution in [2.45, 2.75) is 12.8 Å². The SMILES string of the molecule is O=C(Cc1ccc(Cl)cc1)NNC(=S)NCCc1ccc(Cl)cc1. The summed E-state index contributed by atoms with van der Waals surface area (Å²) in [5, 5.41) is 4.75. The van der Waals surface area contributed by atoms with Crippen molar-refractivity contribution in [2.24, 2.45) is 0 Å². The highest BCUT2D eigenvalue weighted by molar-refractivity contribution is 7.80. The van der Waals surface area contributed by atoms with Gasteiger partial charge in [0, 0.05) is 16.6 Å². The molecule has 24 heavy (non-hydrogen) atoms. The molecular formula is C17H17Cl2N3OS. The third-order valence-electron chi connectivity index (χ3n) is 3.21. The van der Waals surface area contributed by atoms with Crippen molar-refractivity contribution >= 4 is 46.4 Å². The van der Waals surface area contributed by atoms with Crippen LogP contribution in [0.2, 0.25) is 10.0 Å². The molecule has 0 radical (unpaired) electrons. The maximum atomic E-state index is 11.8. The lowest BCUT2D eigenvalue weighted by atomic mass is 10.1. The lowest BCUT2D eigenvalue weighted by Gasteiger charge is -2.11. The molecular weight excluding hydrogens is 365 g/mol. The Kier molecular flexibility index (Phi) is 7.31. The average Bonchev–Trinajstić information content (AvgIpc) is 2.57.